The van der Waals surface area contributed by atoms with Crippen LogP contribution in [0.2, 0.25) is 0 Å². The van der Waals surface area contributed by atoms with Crippen LogP contribution in [-0.4, -0.2) is 36.6 Å². The Balaban J connectivity index is 2.42. The van der Waals surface area contributed by atoms with Gasteiger partial charge in [0, 0.05) is 25.0 Å². The third-order valence-corrected chi connectivity index (χ3v) is 2.65. The molecule has 0 radical (unpaired) electrons. The van der Waals surface area contributed by atoms with Gasteiger partial charge in [0.1, 0.15) is 0 Å². The fourth-order valence-corrected chi connectivity index (χ4v) is 1.51. The lowest BCUT2D eigenvalue weighted by atomic mass is 10.2. The fourth-order valence-electron chi connectivity index (χ4n) is 1.16. The molecule has 1 rings (SSSR count). The van der Waals surface area contributed by atoms with Crippen molar-refractivity contribution in [1.82, 2.24) is 10.3 Å². The van der Waals surface area contributed by atoms with Gasteiger partial charge in [-0.25, -0.2) is 4.79 Å². The molecule has 0 bridgehead atoms. The number of nitrogens with zero attached hydrogens (tertiary/aromatic N) is 1. The maximum atomic E-state index is 11.1. The van der Waals surface area contributed by atoms with Gasteiger partial charge in [-0.05, 0) is 18.4 Å². The molecular weight excluding hydrogens is 224 g/mol. The van der Waals surface area contributed by atoms with Crippen LogP contribution in [0.25, 0.3) is 0 Å². The van der Waals surface area contributed by atoms with Crippen molar-refractivity contribution in [2.24, 2.45) is 0 Å². The van der Waals surface area contributed by atoms with E-state index in [0.717, 1.165) is 24.5 Å². The number of methoxy groups -OCH3 is 1. The van der Waals surface area contributed by atoms with Gasteiger partial charge in [0.05, 0.1) is 18.4 Å². The second-order valence-corrected chi connectivity index (χ2v) is 4.18. The highest BCUT2D eigenvalue weighted by atomic mass is 32.2. The quantitative estimate of drug-likeness (QED) is 0.600. The molecule has 0 aliphatic heterocycles. The van der Waals surface area contributed by atoms with E-state index in [1.807, 2.05) is 6.07 Å². The molecule has 0 fully saturated rings. The van der Waals surface area contributed by atoms with Gasteiger partial charge in [0.25, 0.3) is 0 Å². The Labute approximate surface area is 99.8 Å². The van der Waals surface area contributed by atoms with Crippen molar-refractivity contribution in [2.75, 3.05) is 25.7 Å². The summed E-state index contributed by atoms with van der Waals surface area (Å²) in [5, 5.41) is 3.27. The summed E-state index contributed by atoms with van der Waals surface area (Å²) in [4.78, 5) is 15.3. The first kappa shape index (κ1) is 13.0. The molecule has 0 atom stereocenters. The number of aromatic nitrogens is 1. The summed E-state index contributed by atoms with van der Waals surface area (Å²) in [7, 11) is 1.36. The van der Waals surface area contributed by atoms with E-state index in [9.17, 15) is 4.79 Å². The number of carbonyl (C=O) groups is 1. The summed E-state index contributed by atoms with van der Waals surface area (Å²) >= 11 is 1.80. The molecule has 0 aromatic carbocycles. The normalized spacial score (nSPS) is 10.1. The minimum Gasteiger partial charge on any atom is -0.465 e. The SMILES string of the molecule is COC(=O)c1ccc(CNCCSC)nc1. The monoisotopic (exact) mass is 240 g/mol. The Morgan fingerprint density at radius 2 is 2.38 bits per heavy atom. The Kier molecular flexibility index (Phi) is 5.88. The molecule has 0 spiro atoms. The number of carbonyl (C=O) groups excluding carboxylic acids is 1. The van der Waals surface area contributed by atoms with Crippen molar-refractivity contribution >= 4 is 17.7 Å². The highest BCUT2D eigenvalue weighted by Crippen LogP contribution is 2.01. The number of rotatable bonds is 6. The number of thioether (sulfide) groups is 1. The van der Waals surface area contributed by atoms with Gasteiger partial charge in [-0.1, -0.05) is 0 Å². The summed E-state index contributed by atoms with van der Waals surface area (Å²) < 4.78 is 4.59. The summed E-state index contributed by atoms with van der Waals surface area (Å²) in [6.45, 7) is 1.68. The summed E-state index contributed by atoms with van der Waals surface area (Å²) in [5.74, 6) is 0.731. The molecule has 0 amide bonds. The van der Waals surface area contributed by atoms with E-state index >= 15 is 0 Å². The highest BCUT2D eigenvalue weighted by molar-refractivity contribution is 7.98. The van der Waals surface area contributed by atoms with Gasteiger partial charge in [-0.2, -0.15) is 11.8 Å². The fraction of sp³-hybridized carbons (Fsp3) is 0.455. The highest BCUT2D eigenvalue weighted by Gasteiger charge is 2.04. The van der Waals surface area contributed by atoms with Crippen LogP contribution in [0.3, 0.4) is 0 Å². The van der Waals surface area contributed by atoms with Crippen LogP contribution in [0.5, 0.6) is 0 Å². The molecule has 88 valence electrons. The summed E-state index contributed by atoms with van der Waals surface area (Å²) in [6, 6.07) is 3.56. The van der Waals surface area contributed by atoms with Crippen molar-refractivity contribution in [1.29, 1.82) is 0 Å². The van der Waals surface area contributed by atoms with Crippen LogP contribution in [-0.2, 0) is 11.3 Å². The largest absolute Gasteiger partial charge is 0.465 e. The third-order valence-electron chi connectivity index (χ3n) is 2.03. The van der Waals surface area contributed by atoms with E-state index in [2.05, 4.69) is 21.3 Å². The van der Waals surface area contributed by atoms with Crippen molar-refractivity contribution in [3.63, 3.8) is 0 Å². The van der Waals surface area contributed by atoms with Gasteiger partial charge in [-0.3, -0.25) is 4.98 Å². The first-order valence-corrected chi connectivity index (χ1v) is 6.40. The van der Waals surface area contributed by atoms with Crippen LogP contribution in [0.4, 0.5) is 0 Å². The average molecular weight is 240 g/mol. The lowest BCUT2D eigenvalue weighted by Gasteiger charge is -2.04. The first-order chi connectivity index (χ1) is 7.77. The Hall–Kier alpha value is -1.07. The van der Waals surface area contributed by atoms with Gasteiger partial charge >= 0.3 is 5.97 Å². The van der Waals surface area contributed by atoms with Crippen molar-refractivity contribution < 1.29 is 9.53 Å². The van der Waals surface area contributed by atoms with Crippen LogP contribution in [0.1, 0.15) is 16.1 Å². The van der Waals surface area contributed by atoms with Crippen molar-refractivity contribution in [3.8, 4) is 0 Å². The topological polar surface area (TPSA) is 51.2 Å². The predicted octanol–water partition coefficient (Wildman–Crippen LogP) is 1.32. The molecule has 5 heteroatoms. The molecule has 0 aliphatic carbocycles. The van der Waals surface area contributed by atoms with Gasteiger partial charge in [-0.15, -0.1) is 0 Å². The zero-order chi connectivity index (χ0) is 11.8. The zero-order valence-electron chi connectivity index (χ0n) is 9.53. The van der Waals surface area contributed by atoms with E-state index in [1.54, 1.807) is 17.8 Å². The molecule has 0 unspecified atom stereocenters. The molecule has 16 heavy (non-hydrogen) atoms. The van der Waals surface area contributed by atoms with Crippen molar-refractivity contribution in [3.05, 3.63) is 29.6 Å². The molecule has 1 aromatic heterocycles. The number of hydrogen-bond donors (Lipinski definition) is 1. The maximum Gasteiger partial charge on any atom is 0.339 e. The summed E-state index contributed by atoms with van der Waals surface area (Å²) in [6.07, 6.45) is 3.61. The number of pyridine rings is 1. The number of hydrogen-bond acceptors (Lipinski definition) is 5. The average Bonchev–Trinajstić information content (AvgIpc) is 2.34. The lowest BCUT2D eigenvalue weighted by molar-refractivity contribution is 0.0600. The van der Waals surface area contributed by atoms with Gasteiger partial charge < -0.3 is 10.1 Å². The van der Waals surface area contributed by atoms with E-state index in [0.29, 0.717) is 5.56 Å². The summed E-state index contributed by atoms with van der Waals surface area (Å²) in [5.41, 5.74) is 1.41. The Morgan fingerprint density at radius 3 is 2.94 bits per heavy atom. The number of ether oxygens (including phenoxy) is 1. The van der Waals surface area contributed by atoms with Crippen LogP contribution < -0.4 is 5.32 Å². The van der Waals surface area contributed by atoms with Crippen LogP contribution in [0, 0.1) is 0 Å². The molecule has 4 nitrogen and oxygen atoms in total. The van der Waals surface area contributed by atoms with Gasteiger partial charge in [0.2, 0.25) is 0 Å². The Morgan fingerprint density at radius 1 is 1.56 bits per heavy atom. The lowest BCUT2D eigenvalue weighted by Crippen LogP contribution is -2.17. The minimum atomic E-state index is -0.352. The minimum absolute atomic E-state index is 0.352. The standard InChI is InChI=1S/C11H16N2O2S/c1-15-11(14)9-3-4-10(13-7-9)8-12-5-6-16-2/h3-4,7,12H,5-6,8H2,1-2H3. The Bertz CT molecular complexity index is 327. The number of esters is 1. The number of nitrogens with one attached hydrogen (secondary N) is 1. The van der Waals surface area contributed by atoms with E-state index in [-0.39, 0.29) is 5.97 Å². The third kappa shape index (κ3) is 4.20. The van der Waals surface area contributed by atoms with E-state index in [1.165, 1.54) is 13.3 Å². The van der Waals surface area contributed by atoms with Gasteiger partial charge in [0.15, 0.2) is 0 Å². The molecule has 0 saturated heterocycles. The maximum absolute atomic E-state index is 11.1. The van der Waals surface area contributed by atoms with Crippen LogP contribution >= 0.6 is 11.8 Å². The molecular formula is C11H16N2O2S. The molecule has 0 saturated carbocycles. The second-order valence-electron chi connectivity index (χ2n) is 3.20. The molecule has 1 aromatic rings. The molecule has 0 aliphatic rings. The van der Waals surface area contributed by atoms with E-state index in [4.69, 9.17) is 0 Å². The first-order valence-electron chi connectivity index (χ1n) is 5.01. The molecule has 1 N–H and O–H groups in total. The van der Waals surface area contributed by atoms with Crippen LogP contribution in [0.15, 0.2) is 18.3 Å². The van der Waals surface area contributed by atoms with E-state index < -0.39 is 0 Å². The zero-order valence-corrected chi connectivity index (χ0v) is 10.3. The molecule has 1 heterocycles. The second kappa shape index (κ2) is 7.24. The predicted molar refractivity (Wildman–Crippen MR) is 65.7 cm³/mol. The smallest absolute Gasteiger partial charge is 0.339 e. The van der Waals surface area contributed by atoms with Crippen molar-refractivity contribution in [2.45, 2.75) is 6.54 Å².